The van der Waals surface area contributed by atoms with Gasteiger partial charge in [-0.2, -0.15) is 11.3 Å². The molecule has 0 saturated heterocycles. The SMILES string of the molecule is CCSc1cccc(NC(C)c2ccsc2)c1C(N)=S. The van der Waals surface area contributed by atoms with E-state index in [1.54, 1.807) is 23.1 Å². The van der Waals surface area contributed by atoms with Gasteiger partial charge in [0.2, 0.25) is 0 Å². The molecule has 0 amide bonds. The summed E-state index contributed by atoms with van der Waals surface area (Å²) < 4.78 is 0. The van der Waals surface area contributed by atoms with E-state index in [1.807, 2.05) is 12.1 Å². The van der Waals surface area contributed by atoms with Gasteiger partial charge in [0.05, 0.1) is 0 Å². The molecule has 0 bridgehead atoms. The molecule has 3 N–H and O–H groups in total. The van der Waals surface area contributed by atoms with E-state index in [0.29, 0.717) is 4.99 Å². The van der Waals surface area contributed by atoms with E-state index in [0.717, 1.165) is 21.9 Å². The van der Waals surface area contributed by atoms with E-state index in [9.17, 15) is 0 Å². The second-order valence-electron chi connectivity index (χ2n) is 4.40. The fourth-order valence-electron chi connectivity index (χ4n) is 2.02. The highest BCUT2D eigenvalue weighted by atomic mass is 32.2. The van der Waals surface area contributed by atoms with Crippen molar-refractivity contribution >= 4 is 46.0 Å². The number of thiophene rings is 1. The van der Waals surface area contributed by atoms with Gasteiger partial charge in [-0.15, -0.1) is 11.8 Å². The number of hydrogen-bond acceptors (Lipinski definition) is 4. The molecule has 1 aromatic carbocycles. The summed E-state index contributed by atoms with van der Waals surface area (Å²) >= 11 is 8.70. The van der Waals surface area contributed by atoms with Crippen molar-refractivity contribution < 1.29 is 0 Å². The van der Waals surface area contributed by atoms with Crippen molar-refractivity contribution in [3.05, 3.63) is 46.2 Å². The third kappa shape index (κ3) is 3.53. The Morgan fingerprint density at radius 1 is 1.45 bits per heavy atom. The third-order valence-corrected chi connectivity index (χ3v) is 4.83. The predicted molar refractivity (Wildman–Crippen MR) is 95.1 cm³/mol. The summed E-state index contributed by atoms with van der Waals surface area (Å²) in [4.78, 5) is 1.59. The van der Waals surface area contributed by atoms with Crippen molar-refractivity contribution in [3.8, 4) is 0 Å². The largest absolute Gasteiger partial charge is 0.389 e. The van der Waals surface area contributed by atoms with Gasteiger partial charge in [-0.05, 0) is 47.2 Å². The monoisotopic (exact) mass is 322 g/mol. The average molecular weight is 323 g/mol. The van der Waals surface area contributed by atoms with Crippen LogP contribution in [-0.2, 0) is 0 Å². The van der Waals surface area contributed by atoms with E-state index >= 15 is 0 Å². The fourth-order valence-corrected chi connectivity index (χ4v) is 3.91. The van der Waals surface area contributed by atoms with Crippen LogP contribution in [0, 0.1) is 0 Å². The lowest BCUT2D eigenvalue weighted by molar-refractivity contribution is 0.889. The first-order chi connectivity index (χ1) is 9.63. The zero-order valence-corrected chi connectivity index (χ0v) is 14.0. The Kier molecular flexibility index (Phi) is 5.46. The molecule has 0 aliphatic carbocycles. The van der Waals surface area contributed by atoms with Crippen LogP contribution in [0.5, 0.6) is 0 Å². The number of anilines is 1. The van der Waals surface area contributed by atoms with Crippen LogP contribution in [-0.4, -0.2) is 10.7 Å². The van der Waals surface area contributed by atoms with Crippen molar-refractivity contribution in [2.24, 2.45) is 5.73 Å². The molecule has 1 unspecified atom stereocenters. The second kappa shape index (κ2) is 7.11. The van der Waals surface area contributed by atoms with Gasteiger partial charge >= 0.3 is 0 Å². The molecule has 1 aromatic heterocycles. The summed E-state index contributed by atoms with van der Waals surface area (Å²) in [7, 11) is 0. The van der Waals surface area contributed by atoms with Crippen LogP contribution in [0.4, 0.5) is 5.69 Å². The number of rotatable bonds is 6. The molecule has 1 heterocycles. The van der Waals surface area contributed by atoms with Gasteiger partial charge in [0.1, 0.15) is 4.99 Å². The number of nitrogens with two attached hydrogens (primary N) is 1. The molecule has 0 aliphatic heterocycles. The molecule has 0 fully saturated rings. The molecule has 106 valence electrons. The maximum Gasteiger partial charge on any atom is 0.107 e. The summed E-state index contributed by atoms with van der Waals surface area (Å²) in [6.07, 6.45) is 0. The molecule has 0 saturated carbocycles. The van der Waals surface area contributed by atoms with E-state index < -0.39 is 0 Å². The van der Waals surface area contributed by atoms with Gasteiger partial charge in [0.25, 0.3) is 0 Å². The summed E-state index contributed by atoms with van der Waals surface area (Å²) in [6, 6.07) is 8.52. The first-order valence-corrected chi connectivity index (χ1v) is 8.81. The molecule has 20 heavy (non-hydrogen) atoms. The molecule has 2 aromatic rings. The first-order valence-electron chi connectivity index (χ1n) is 6.47. The van der Waals surface area contributed by atoms with Crippen molar-refractivity contribution in [2.45, 2.75) is 24.8 Å². The fraction of sp³-hybridized carbons (Fsp3) is 0.267. The van der Waals surface area contributed by atoms with Gasteiger partial charge in [-0.3, -0.25) is 0 Å². The van der Waals surface area contributed by atoms with Crippen LogP contribution in [0.2, 0.25) is 0 Å². The average Bonchev–Trinajstić information content (AvgIpc) is 2.92. The second-order valence-corrected chi connectivity index (χ2v) is 6.92. The molecule has 0 aliphatic rings. The summed E-state index contributed by atoms with van der Waals surface area (Å²) in [5.74, 6) is 0.999. The zero-order valence-electron chi connectivity index (χ0n) is 11.6. The molecular formula is C15H18N2S3. The standard InChI is InChI=1S/C15H18N2S3/c1-3-20-13-6-4-5-12(14(13)15(16)18)17-10(2)11-7-8-19-9-11/h4-10,17H,3H2,1-2H3,(H2,16,18). The number of hydrogen-bond donors (Lipinski definition) is 2. The minimum atomic E-state index is 0.233. The number of nitrogens with one attached hydrogen (secondary N) is 1. The molecule has 0 radical (unpaired) electrons. The van der Waals surface area contributed by atoms with Crippen LogP contribution in [0.3, 0.4) is 0 Å². The molecule has 1 atom stereocenters. The summed E-state index contributed by atoms with van der Waals surface area (Å²) in [6.45, 7) is 4.27. The van der Waals surface area contributed by atoms with Crippen molar-refractivity contribution in [3.63, 3.8) is 0 Å². The lowest BCUT2D eigenvalue weighted by Gasteiger charge is -2.19. The minimum absolute atomic E-state index is 0.233. The van der Waals surface area contributed by atoms with Crippen LogP contribution in [0.15, 0.2) is 39.9 Å². The number of benzene rings is 1. The quantitative estimate of drug-likeness (QED) is 0.599. The highest BCUT2D eigenvalue weighted by Gasteiger charge is 2.14. The minimum Gasteiger partial charge on any atom is -0.389 e. The molecule has 0 spiro atoms. The molecule has 2 nitrogen and oxygen atoms in total. The zero-order chi connectivity index (χ0) is 14.5. The maximum atomic E-state index is 5.92. The Morgan fingerprint density at radius 3 is 2.85 bits per heavy atom. The number of thioether (sulfide) groups is 1. The van der Waals surface area contributed by atoms with Crippen molar-refractivity contribution in [2.75, 3.05) is 11.1 Å². The maximum absolute atomic E-state index is 5.92. The Bertz CT molecular complexity index is 579. The molecule has 2 rings (SSSR count). The Morgan fingerprint density at radius 2 is 2.25 bits per heavy atom. The van der Waals surface area contributed by atoms with E-state index in [2.05, 4.69) is 42.1 Å². The number of thiocarbonyl (C=S) groups is 1. The van der Waals surface area contributed by atoms with Crippen LogP contribution in [0.1, 0.15) is 31.0 Å². The van der Waals surface area contributed by atoms with Gasteiger partial charge < -0.3 is 11.1 Å². The van der Waals surface area contributed by atoms with Gasteiger partial charge in [0.15, 0.2) is 0 Å². The van der Waals surface area contributed by atoms with E-state index in [-0.39, 0.29) is 6.04 Å². The Hall–Kier alpha value is -1.04. The van der Waals surface area contributed by atoms with Crippen LogP contribution >= 0.6 is 35.3 Å². The Labute approximate surface area is 133 Å². The Balaban J connectivity index is 2.31. The smallest absolute Gasteiger partial charge is 0.107 e. The van der Waals surface area contributed by atoms with E-state index in [4.69, 9.17) is 18.0 Å². The van der Waals surface area contributed by atoms with Gasteiger partial charge in [-0.25, -0.2) is 0 Å². The topological polar surface area (TPSA) is 38.0 Å². The normalized spacial score (nSPS) is 12.1. The van der Waals surface area contributed by atoms with Gasteiger partial charge in [-0.1, -0.05) is 25.2 Å². The van der Waals surface area contributed by atoms with Crippen molar-refractivity contribution in [1.82, 2.24) is 0 Å². The predicted octanol–water partition coefficient (Wildman–Crippen LogP) is 4.67. The third-order valence-electron chi connectivity index (χ3n) is 2.99. The lowest BCUT2D eigenvalue weighted by Crippen LogP contribution is -2.16. The van der Waals surface area contributed by atoms with Crippen molar-refractivity contribution in [1.29, 1.82) is 0 Å². The molecular weight excluding hydrogens is 304 g/mol. The van der Waals surface area contributed by atoms with E-state index in [1.165, 1.54) is 5.56 Å². The molecule has 5 heteroatoms. The first kappa shape index (κ1) is 15.4. The van der Waals surface area contributed by atoms with Crippen LogP contribution in [0.25, 0.3) is 0 Å². The van der Waals surface area contributed by atoms with Gasteiger partial charge in [0, 0.05) is 22.2 Å². The summed E-state index contributed by atoms with van der Waals surface area (Å²) in [5, 5.41) is 7.76. The summed E-state index contributed by atoms with van der Waals surface area (Å²) in [5.41, 5.74) is 9.16. The van der Waals surface area contributed by atoms with Crippen LogP contribution < -0.4 is 11.1 Å². The highest BCUT2D eigenvalue weighted by molar-refractivity contribution is 7.99. The highest BCUT2D eigenvalue weighted by Crippen LogP contribution is 2.31. The lowest BCUT2D eigenvalue weighted by atomic mass is 10.1.